The molecule has 0 amide bonds. The van der Waals surface area contributed by atoms with E-state index in [1.165, 1.54) is 19.3 Å². The molecule has 1 N–H and O–H groups in total. The Morgan fingerprint density at radius 3 is 2.63 bits per heavy atom. The van der Waals surface area contributed by atoms with Crippen molar-refractivity contribution in [3.63, 3.8) is 0 Å². The molecule has 0 aromatic carbocycles. The summed E-state index contributed by atoms with van der Waals surface area (Å²) in [5.74, 6) is 1.96. The molecule has 1 rings (SSSR count). The number of Topliss-reactive ketones (excluding diaryl/α,β-unsaturated/α-hetero) is 1. The predicted molar refractivity (Wildman–Crippen MR) is 83.5 cm³/mol. The van der Waals surface area contributed by atoms with Crippen LogP contribution in [0.2, 0.25) is 0 Å². The van der Waals surface area contributed by atoms with Gasteiger partial charge in [0, 0.05) is 12.5 Å². The summed E-state index contributed by atoms with van der Waals surface area (Å²) in [4.78, 5) is 11.8. The van der Waals surface area contributed by atoms with E-state index in [1.807, 2.05) is 0 Å². The Balaban J connectivity index is 2.43. The number of carbonyl (C=O) groups is 1. The third-order valence-electron chi connectivity index (χ3n) is 5.03. The molecule has 0 heterocycles. The second-order valence-electron chi connectivity index (χ2n) is 6.95. The molecule has 1 aliphatic carbocycles. The van der Waals surface area contributed by atoms with Crippen molar-refractivity contribution in [3.05, 3.63) is 0 Å². The van der Waals surface area contributed by atoms with Crippen molar-refractivity contribution in [1.82, 2.24) is 0 Å². The number of aliphatic hydroxyl groups is 1. The van der Waals surface area contributed by atoms with E-state index in [9.17, 15) is 4.79 Å². The second-order valence-corrected chi connectivity index (χ2v) is 7.51. The van der Waals surface area contributed by atoms with Crippen LogP contribution in [0.25, 0.3) is 0 Å². The zero-order valence-electron chi connectivity index (χ0n) is 12.6. The molecule has 1 aliphatic rings. The van der Waals surface area contributed by atoms with Crippen LogP contribution in [0.1, 0.15) is 59.3 Å². The quantitative estimate of drug-likeness (QED) is 0.676. The topological polar surface area (TPSA) is 37.3 Å². The van der Waals surface area contributed by atoms with Gasteiger partial charge in [-0.15, -0.1) is 0 Å². The van der Waals surface area contributed by atoms with Gasteiger partial charge in [0.25, 0.3) is 0 Å². The average Bonchev–Trinajstić information content (AvgIpc) is 2.86. The lowest BCUT2D eigenvalue weighted by molar-refractivity contribution is -0.120. The SMILES string of the molecule is C[C@H](CCO)CCC(C)(C)[C@@H]1CCC(C(=O)CBr)C1. The summed E-state index contributed by atoms with van der Waals surface area (Å²) in [6.07, 6.45) is 6.64. The molecular weight excluding hydrogens is 304 g/mol. The molecule has 1 unspecified atom stereocenters. The number of aliphatic hydroxyl groups excluding tert-OH is 1. The number of hydrogen-bond donors (Lipinski definition) is 1. The van der Waals surface area contributed by atoms with Crippen molar-refractivity contribution >= 4 is 21.7 Å². The molecule has 0 spiro atoms. The van der Waals surface area contributed by atoms with E-state index in [0.29, 0.717) is 40.9 Å². The van der Waals surface area contributed by atoms with E-state index < -0.39 is 0 Å². The summed E-state index contributed by atoms with van der Waals surface area (Å²) in [7, 11) is 0. The summed E-state index contributed by atoms with van der Waals surface area (Å²) >= 11 is 3.29. The Bertz CT molecular complexity index is 288. The first-order chi connectivity index (χ1) is 8.90. The Labute approximate surface area is 126 Å². The molecule has 0 aromatic rings. The number of ketones is 1. The zero-order valence-corrected chi connectivity index (χ0v) is 14.2. The molecule has 0 saturated heterocycles. The van der Waals surface area contributed by atoms with Crippen LogP contribution in [0, 0.1) is 23.2 Å². The Morgan fingerprint density at radius 2 is 2.05 bits per heavy atom. The highest BCUT2D eigenvalue weighted by atomic mass is 79.9. The molecular formula is C16H29BrO2. The molecule has 0 radical (unpaired) electrons. The maximum absolute atomic E-state index is 11.8. The molecule has 3 heteroatoms. The van der Waals surface area contributed by atoms with Gasteiger partial charge in [0.2, 0.25) is 0 Å². The number of rotatable bonds is 8. The van der Waals surface area contributed by atoms with Crippen molar-refractivity contribution in [2.24, 2.45) is 23.2 Å². The largest absolute Gasteiger partial charge is 0.396 e. The Kier molecular flexibility index (Phi) is 7.02. The summed E-state index contributed by atoms with van der Waals surface area (Å²) in [5, 5.41) is 9.47. The molecule has 0 aliphatic heterocycles. The van der Waals surface area contributed by atoms with E-state index in [0.717, 1.165) is 19.3 Å². The van der Waals surface area contributed by atoms with Crippen LogP contribution < -0.4 is 0 Å². The van der Waals surface area contributed by atoms with Crippen LogP contribution in [-0.2, 0) is 4.79 Å². The van der Waals surface area contributed by atoms with Gasteiger partial charge >= 0.3 is 0 Å². The number of alkyl halides is 1. The van der Waals surface area contributed by atoms with Crippen molar-refractivity contribution in [2.75, 3.05) is 11.9 Å². The van der Waals surface area contributed by atoms with Gasteiger partial charge in [0.05, 0.1) is 5.33 Å². The molecule has 1 fully saturated rings. The third kappa shape index (κ3) is 5.18. The molecule has 2 nitrogen and oxygen atoms in total. The first kappa shape index (κ1) is 17.2. The highest BCUT2D eigenvalue weighted by Gasteiger charge is 2.37. The van der Waals surface area contributed by atoms with Gasteiger partial charge in [-0.25, -0.2) is 0 Å². The minimum Gasteiger partial charge on any atom is -0.396 e. The standard InChI is InChI=1S/C16H29BrO2/c1-12(7-9-18)6-8-16(2,3)14-5-4-13(10-14)15(19)11-17/h12-14,18H,4-11H2,1-3H3/t12-,13?,14+/m0/s1. The summed E-state index contributed by atoms with van der Waals surface area (Å²) in [5.41, 5.74) is 0.324. The lowest BCUT2D eigenvalue weighted by Crippen LogP contribution is -2.24. The average molecular weight is 333 g/mol. The van der Waals surface area contributed by atoms with E-state index >= 15 is 0 Å². The van der Waals surface area contributed by atoms with E-state index in [1.54, 1.807) is 0 Å². The van der Waals surface area contributed by atoms with E-state index in [-0.39, 0.29) is 0 Å². The fraction of sp³-hybridized carbons (Fsp3) is 0.938. The number of halogens is 1. The first-order valence-corrected chi connectivity index (χ1v) is 8.72. The van der Waals surface area contributed by atoms with Crippen LogP contribution >= 0.6 is 15.9 Å². The maximum atomic E-state index is 11.8. The number of hydrogen-bond acceptors (Lipinski definition) is 2. The van der Waals surface area contributed by atoms with Gasteiger partial charge in [-0.2, -0.15) is 0 Å². The second kappa shape index (κ2) is 7.78. The van der Waals surface area contributed by atoms with Crippen molar-refractivity contribution < 1.29 is 9.90 Å². The smallest absolute Gasteiger partial charge is 0.146 e. The van der Waals surface area contributed by atoms with Crippen LogP contribution in [0.5, 0.6) is 0 Å². The molecule has 112 valence electrons. The summed E-state index contributed by atoms with van der Waals surface area (Å²) < 4.78 is 0. The molecule has 1 saturated carbocycles. The predicted octanol–water partition coefficient (Wildman–Crippen LogP) is 4.19. The van der Waals surface area contributed by atoms with Gasteiger partial charge in [0.1, 0.15) is 5.78 Å². The van der Waals surface area contributed by atoms with Crippen molar-refractivity contribution in [3.8, 4) is 0 Å². The monoisotopic (exact) mass is 332 g/mol. The van der Waals surface area contributed by atoms with E-state index in [4.69, 9.17) is 5.11 Å². The third-order valence-corrected chi connectivity index (χ3v) is 5.58. The maximum Gasteiger partial charge on any atom is 0.146 e. The summed E-state index contributed by atoms with van der Waals surface area (Å²) in [6.45, 7) is 7.22. The zero-order chi connectivity index (χ0) is 14.5. The fourth-order valence-corrected chi connectivity index (χ4v) is 3.74. The molecule has 3 atom stereocenters. The van der Waals surface area contributed by atoms with Crippen LogP contribution in [-0.4, -0.2) is 22.8 Å². The van der Waals surface area contributed by atoms with Gasteiger partial charge in [0.15, 0.2) is 0 Å². The van der Waals surface area contributed by atoms with Gasteiger partial charge in [-0.05, 0) is 49.4 Å². The fourth-order valence-electron chi connectivity index (χ4n) is 3.28. The van der Waals surface area contributed by atoms with Crippen LogP contribution in [0.4, 0.5) is 0 Å². The summed E-state index contributed by atoms with van der Waals surface area (Å²) in [6, 6.07) is 0. The first-order valence-electron chi connectivity index (χ1n) is 7.60. The molecule has 19 heavy (non-hydrogen) atoms. The lowest BCUT2D eigenvalue weighted by atomic mass is 9.73. The van der Waals surface area contributed by atoms with Gasteiger partial charge < -0.3 is 5.11 Å². The van der Waals surface area contributed by atoms with Crippen molar-refractivity contribution in [2.45, 2.75) is 59.3 Å². The lowest BCUT2D eigenvalue weighted by Gasteiger charge is -2.33. The van der Waals surface area contributed by atoms with Crippen LogP contribution in [0.15, 0.2) is 0 Å². The minimum atomic E-state index is 0.290. The Hall–Kier alpha value is 0.110. The number of carbonyl (C=O) groups excluding carboxylic acids is 1. The highest BCUT2D eigenvalue weighted by molar-refractivity contribution is 9.09. The van der Waals surface area contributed by atoms with Crippen molar-refractivity contribution in [1.29, 1.82) is 0 Å². The van der Waals surface area contributed by atoms with E-state index in [2.05, 4.69) is 36.7 Å². The van der Waals surface area contributed by atoms with Gasteiger partial charge in [-0.1, -0.05) is 43.1 Å². The minimum absolute atomic E-state index is 0.290. The van der Waals surface area contributed by atoms with Crippen LogP contribution in [0.3, 0.4) is 0 Å². The van der Waals surface area contributed by atoms with Gasteiger partial charge in [-0.3, -0.25) is 4.79 Å². The molecule has 0 bridgehead atoms. The Morgan fingerprint density at radius 1 is 1.37 bits per heavy atom. The molecule has 0 aromatic heterocycles. The highest BCUT2D eigenvalue weighted by Crippen LogP contribution is 2.45. The normalized spacial score (nSPS) is 25.5.